The topological polar surface area (TPSA) is 69.7 Å². The number of fused-ring (bicyclic) bond motifs is 4. The molecule has 1 aliphatic carbocycles. The Morgan fingerprint density at radius 2 is 1.45 bits per heavy atom. The van der Waals surface area contributed by atoms with E-state index in [9.17, 15) is 14.7 Å². The van der Waals surface area contributed by atoms with Crippen LogP contribution in [0.15, 0.2) is 72.8 Å². The second-order valence-corrected chi connectivity index (χ2v) is 8.13. The van der Waals surface area contributed by atoms with E-state index in [4.69, 9.17) is 4.74 Å². The Hall–Kier alpha value is -3.60. The second kappa shape index (κ2) is 7.91. The molecule has 1 amide bonds. The smallest absolute Gasteiger partial charge is 0.410 e. The number of aliphatic carboxylic acids is 1. The van der Waals surface area contributed by atoms with Crippen LogP contribution >= 0.6 is 0 Å². The highest BCUT2D eigenvalue weighted by Crippen LogP contribution is 2.44. The maximum atomic E-state index is 13.1. The summed E-state index contributed by atoms with van der Waals surface area (Å²) >= 11 is 0. The first-order valence-electron chi connectivity index (χ1n) is 10.5. The fourth-order valence-electron chi connectivity index (χ4n) is 4.85. The van der Waals surface area contributed by atoms with E-state index >= 15 is 0 Å². The molecular formula is C26H22NO4-. The quantitative estimate of drug-likeness (QED) is 0.658. The fourth-order valence-corrected chi connectivity index (χ4v) is 4.85. The first-order chi connectivity index (χ1) is 15.1. The van der Waals surface area contributed by atoms with Crippen molar-refractivity contribution in [2.24, 2.45) is 0 Å². The highest BCUT2D eigenvalue weighted by atomic mass is 16.6. The molecule has 0 radical (unpaired) electrons. The maximum Gasteiger partial charge on any atom is 0.410 e. The number of nitrogens with zero attached hydrogens (tertiary/aromatic N) is 1. The van der Waals surface area contributed by atoms with Crippen LogP contribution in [0.3, 0.4) is 0 Å². The van der Waals surface area contributed by atoms with Gasteiger partial charge in [0.2, 0.25) is 0 Å². The molecule has 5 rings (SSSR count). The largest absolute Gasteiger partial charge is 0.550 e. The van der Waals surface area contributed by atoms with Crippen LogP contribution in [0, 0.1) is 0 Å². The Labute approximate surface area is 180 Å². The van der Waals surface area contributed by atoms with Gasteiger partial charge in [-0.3, -0.25) is 0 Å². The zero-order valence-electron chi connectivity index (χ0n) is 17.0. The van der Waals surface area contributed by atoms with Crippen LogP contribution in [0.1, 0.15) is 34.6 Å². The summed E-state index contributed by atoms with van der Waals surface area (Å²) < 4.78 is 5.78. The van der Waals surface area contributed by atoms with Crippen LogP contribution in [0.4, 0.5) is 4.79 Å². The zero-order valence-corrected chi connectivity index (χ0v) is 17.0. The molecule has 0 fully saturated rings. The standard InChI is InChI=1S/C26H23NO4/c28-25(29)14-19-13-17-7-1-2-8-18(17)15-27(19)26(30)31-16-24-22-11-5-3-9-20(22)21-10-4-6-12-23(21)24/h1-12,19,24H,13-16H2,(H,28,29)/p-1/t19-/m0/s1. The first-order valence-corrected chi connectivity index (χ1v) is 10.5. The minimum absolute atomic E-state index is 0.0342. The molecule has 0 bridgehead atoms. The van der Waals surface area contributed by atoms with Crippen LogP contribution in [0.5, 0.6) is 0 Å². The van der Waals surface area contributed by atoms with Crippen LogP contribution in [-0.2, 0) is 22.5 Å². The molecule has 0 aromatic heterocycles. The summed E-state index contributed by atoms with van der Waals surface area (Å²) in [5.41, 5.74) is 6.71. The molecule has 0 saturated carbocycles. The van der Waals surface area contributed by atoms with Gasteiger partial charge >= 0.3 is 6.09 Å². The van der Waals surface area contributed by atoms with Gasteiger partial charge in [0, 0.05) is 30.9 Å². The molecule has 1 aliphatic heterocycles. The number of benzene rings is 3. The van der Waals surface area contributed by atoms with Crippen LogP contribution in [-0.4, -0.2) is 29.6 Å². The van der Waals surface area contributed by atoms with Crippen molar-refractivity contribution in [1.82, 2.24) is 4.90 Å². The predicted molar refractivity (Wildman–Crippen MR) is 114 cm³/mol. The van der Waals surface area contributed by atoms with E-state index in [1.165, 1.54) is 16.0 Å². The van der Waals surface area contributed by atoms with Gasteiger partial charge in [-0.2, -0.15) is 0 Å². The number of carboxylic acid groups (broad SMARTS) is 1. The second-order valence-electron chi connectivity index (χ2n) is 8.13. The third-order valence-corrected chi connectivity index (χ3v) is 6.33. The molecule has 3 aromatic rings. The van der Waals surface area contributed by atoms with Crippen molar-refractivity contribution < 1.29 is 19.4 Å². The molecule has 5 heteroatoms. The van der Waals surface area contributed by atoms with Gasteiger partial charge in [-0.25, -0.2) is 4.79 Å². The molecule has 1 atom stereocenters. The summed E-state index contributed by atoms with van der Waals surface area (Å²) in [7, 11) is 0. The highest BCUT2D eigenvalue weighted by Gasteiger charge is 2.33. The Bertz CT molecular complexity index is 1110. The predicted octanol–water partition coefficient (Wildman–Crippen LogP) is 3.50. The van der Waals surface area contributed by atoms with E-state index in [2.05, 4.69) is 24.3 Å². The SMILES string of the molecule is O=C([O-])C[C@@H]1Cc2ccccc2CN1C(=O)OCC1c2ccccc2-c2ccccc21. The Kier molecular flexibility index (Phi) is 4.94. The van der Waals surface area contributed by atoms with Gasteiger partial charge in [0.1, 0.15) is 6.61 Å². The Balaban J connectivity index is 1.37. The number of carbonyl (C=O) groups is 2. The van der Waals surface area contributed by atoms with E-state index < -0.39 is 18.1 Å². The van der Waals surface area contributed by atoms with Crippen molar-refractivity contribution >= 4 is 12.1 Å². The van der Waals surface area contributed by atoms with Gasteiger partial charge in [-0.15, -0.1) is 0 Å². The number of ether oxygens (including phenoxy) is 1. The van der Waals surface area contributed by atoms with Gasteiger partial charge in [0.25, 0.3) is 0 Å². The van der Waals surface area contributed by atoms with Crippen molar-refractivity contribution in [3.05, 3.63) is 95.1 Å². The number of carbonyl (C=O) groups excluding carboxylic acids is 2. The van der Waals surface area contributed by atoms with Gasteiger partial charge < -0.3 is 19.5 Å². The summed E-state index contributed by atoms with van der Waals surface area (Å²) in [5, 5.41) is 11.3. The van der Waals surface area contributed by atoms with Gasteiger partial charge in [-0.1, -0.05) is 72.8 Å². The third kappa shape index (κ3) is 3.56. The van der Waals surface area contributed by atoms with Crippen LogP contribution < -0.4 is 5.11 Å². The van der Waals surface area contributed by atoms with Crippen LogP contribution in [0.2, 0.25) is 0 Å². The maximum absolute atomic E-state index is 13.1. The monoisotopic (exact) mass is 412 g/mol. The molecule has 156 valence electrons. The van der Waals surface area contributed by atoms with Gasteiger partial charge in [0.15, 0.2) is 0 Å². The zero-order chi connectivity index (χ0) is 21.4. The lowest BCUT2D eigenvalue weighted by Gasteiger charge is -2.36. The van der Waals surface area contributed by atoms with E-state index in [0.717, 1.165) is 22.3 Å². The van der Waals surface area contributed by atoms with E-state index in [1.807, 2.05) is 48.5 Å². The summed E-state index contributed by atoms with van der Waals surface area (Å²) in [4.78, 5) is 25.9. The lowest BCUT2D eigenvalue weighted by molar-refractivity contribution is -0.306. The fraction of sp³-hybridized carbons (Fsp3) is 0.231. The number of hydrogen-bond acceptors (Lipinski definition) is 4. The lowest BCUT2D eigenvalue weighted by Crippen LogP contribution is -2.47. The number of rotatable bonds is 4. The molecule has 2 aliphatic rings. The summed E-state index contributed by atoms with van der Waals surface area (Å²) in [6.45, 7) is 0.549. The molecule has 1 heterocycles. The Morgan fingerprint density at radius 3 is 2.10 bits per heavy atom. The molecule has 0 N–H and O–H groups in total. The normalized spacial score (nSPS) is 16.9. The van der Waals surface area contributed by atoms with Gasteiger partial charge in [-0.05, 0) is 39.8 Å². The Morgan fingerprint density at radius 1 is 0.871 bits per heavy atom. The molecule has 3 aromatic carbocycles. The third-order valence-electron chi connectivity index (χ3n) is 6.33. The highest BCUT2D eigenvalue weighted by molar-refractivity contribution is 5.79. The minimum Gasteiger partial charge on any atom is -0.550 e. The van der Waals surface area contributed by atoms with Gasteiger partial charge in [0.05, 0.1) is 0 Å². The minimum atomic E-state index is -1.17. The summed E-state index contributed by atoms with van der Waals surface area (Å²) in [6.07, 6.45) is -0.213. The molecule has 0 unspecified atom stereocenters. The van der Waals surface area contributed by atoms with Crippen molar-refractivity contribution in [2.45, 2.75) is 31.3 Å². The molecule has 5 nitrogen and oxygen atoms in total. The van der Waals surface area contributed by atoms with Crippen molar-refractivity contribution in [3.8, 4) is 11.1 Å². The number of amides is 1. The number of carboxylic acids is 1. The average molecular weight is 412 g/mol. The van der Waals surface area contributed by atoms with Crippen molar-refractivity contribution in [1.29, 1.82) is 0 Å². The van der Waals surface area contributed by atoms with Crippen LogP contribution in [0.25, 0.3) is 11.1 Å². The summed E-state index contributed by atoms with van der Waals surface area (Å²) in [5.74, 6) is -1.20. The van der Waals surface area contributed by atoms with E-state index in [1.54, 1.807) is 0 Å². The molecule has 0 spiro atoms. The molecular weight excluding hydrogens is 390 g/mol. The first kappa shape index (κ1) is 19.4. The van der Waals surface area contributed by atoms with Crippen molar-refractivity contribution in [2.75, 3.05) is 6.61 Å². The van der Waals surface area contributed by atoms with E-state index in [0.29, 0.717) is 13.0 Å². The lowest BCUT2D eigenvalue weighted by atomic mass is 9.92. The average Bonchev–Trinajstić information content (AvgIpc) is 3.10. The number of hydrogen-bond donors (Lipinski definition) is 0. The molecule has 0 saturated heterocycles. The van der Waals surface area contributed by atoms with E-state index in [-0.39, 0.29) is 18.9 Å². The van der Waals surface area contributed by atoms with Crippen molar-refractivity contribution in [3.63, 3.8) is 0 Å². The molecule has 31 heavy (non-hydrogen) atoms. The summed E-state index contributed by atoms with van der Waals surface area (Å²) in [6, 6.07) is 23.7.